The second kappa shape index (κ2) is 8.62. The summed E-state index contributed by atoms with van der Waals surface area (Å²) in [4.78, 5) is 23.6. The Hall–Kier alpha value is -2.58. The van der Waals surface area contributed by atoms with Gasteiger partial charge in [0.05, 0.1) is 17.7 Å². The molecule has 0 bridgehead atoms. The van der Waals surface area contributed by atoms with Crippen molar-refractivity contribution in [2.45, 2.75) is 32.7 Å². The van der Waals surface area contributed by atoms with Gasteiger partial charge in [-0.2, -0.15) is 4.98 Å². The number of piperidine rings is 1. The van der Waals surface area contributed by atoms with E-state index in [1.807, 2.05) is 42.1 Å². The Kier molecular flexibility index (Phi) is 5.78. The van der Waals surface area contributed by atoms with Gasteiger partial charge in [-0.25, -0.2) is 4.98 Å². The molecule has 3 aromatic rings. The molecule has 4 rings (SSSR count). The molecule has 2 aromatic heterocycles. The number of benzene rings is 1. The summed E-state index contributed by atoms with van der Waals surface area (Å²) in [5, 5.41) is 9.01. The van der Waals surface area contributed by atoms with Gasteiger partial charge in [-0.1, -0.05) is 24.2 Å². The summed E-state index contributed by atoms with van der Waals surface area (Å²) in [6.45, 7) is 4.35. The number of carbonyl (C=O) groups is 1. The highest BCUT2D eigenvalue weighted by molar-refractivity contribution is 7.07. The molecule has 146 valence electrons. The van der Waals surface area contributed by atoms with Crippen LogP contribution in [-0.2, 0) is 17.8 Å². The zero-order valence-electron chi connectivity index (χ0n) is 15.8. The molecule has 0 spiro atoms. The normalized spacial score (nSPS) is 15.6. The first kappa shape index (κ1) is 18.8. The summed E-state index contributed by atoms with van der Waals surface area (Å²) < 4.78 is 5.27. The standard InChI is InChI=1S/C20H23N5O2S/c1-2-18-23-19(27-24-18)11-25-8-6-14(7-9-25)20(26)22-16-5-3-4-15(10-16)17-12-28-13-21-17/h3-5,10,12-14H,2,6-9,11H2,1H3,(H,22,26). The first-order valence-electron chi connectivity index (χ1n) is 9.54. The van der Waals surface area contributed by atoms with Crippen LogP contribution >= 0.6 is 11.3 Å². The van der Waals surface area contributed by atoms with E-state index in [4.69, 9.17) is 4.52 Å². The lowest BCUT2D eigenvalue weighted by atomic mass is 9.95. The number of nitrogens with zero attached hydrogens (tertiary/aromatic N) is 4. The predicted molar refractivity (Wildman–Crippen MR) is 108 cm³/mol. The number of amides is 1. The van der Waals surface area contributed by atoms with Crippen LogP contribution in [0.25, 0.3) is 11.3 Å². The molecule has 1 fully saturated rings. The van der Waals surface area contributed by atoms with E-state index in [-0.39, 0.29) is 11.8 Å². The van der Waals surface area contributed by atoms with E-state index in [1.165, 1.54) is 0 Å². The molecule has 1 aliphatic rings. The Morgan fingerprint density at radius 3 is 2.93 bits per heavy atom. The Morgan fingerprint density at radius 2 is 2.21 bits per heavy atom. The van der Waals surface area contributed by atoms with Crippen molar-refractivity contribution in [3.05, 3.63) is 46.9 Å². The Labute approximate surface area is 167 Å². The van der Waals surface area contributed by atoms with Crippen molar-refractivity contribution in [2.24, 2.45) is 5.92 Å². The van der Waals surface area contributed by atoms with Crippen LogP contribution in [0.15, 0.2) is 39.7 Å². The number of anilines is 1. The number of aromatic nitrogens is 3. The van der Waals surface area contributed by atoms with E-state index in [0.717, 1.165) is 55.1 Å². The van der Waals surface area contributed by atoms with Crippen molar-refractivity contribution >= 4 is 22.9 Å². The molecule has 1 aromatic carbocycles. The number of nitrogens with one attached hydrogen (secondary N) is 1. The molecule has 3 heterocycles. The van der Waals surface area contributed by atoms with Crippen LogP contribution in [0.5, 0.6) is 0 Å². The Morgan fingerprint density at radius 1 is 1.36 bits per heavy atom. The summed E-state index contributed by atoms with van der Waals surface area (Å²) in [5.74, 6) is 1.50. The van der Waals surface area contributed by atoms with Gasteiger partial charge in [0.1, 0.15) is 0 Å². The molecule has 1 N–H and O–H groups in total. The van der Waals surface area contributed by atoms with Gasteiger partial charge < -0.3 is 9.84 Å². The Balaban J connectivity index is 1.30. The van der Waals surface area contributed by atoms with Gasteiger partial charge in [-0.3, -0.25) is 9.69 Å². The van der Waals surface area contributed by atoms with Crippen LogP contribution in [-0.4, -0.2) is 39.0 Å². The van der Waals surface area contributed by atoms with Gasteiger partial charge in [-0.05, 0) is 38.1 Å². The molecule has 0 radical (unpaired) electrons. The highest BCUT2D eigenvalue weighted by atomic mass is 32.1. The summed E-state index contributed by atoms with van der Waals surface area (Å²) in [7, 11) is 0. The van der Waals surface area contributed by atoms with Crippen molar-refractivity contribution in [1.82, 2.24) is 20.0 Å². The lowest BCUT2D eigenvalue weighted by Gasteiger charge is -2.30. The maximum Gasteiger partial charge on any atom is 0.240 e. The number of hydrogen-bond acceptors (Lipinski definition) is 7. The van der Waals surface area contributed by atoms with Gasteiger partial charge in [0, 0.05) is 29.0 Å². The van der Waals surface area contributed by atoms with Crippen LogP contribution in [0, 0.1) is 5.92 Å². The maximum absolute atomic E-state index is 12.7. The quantitative estimate of drug-likeness (QED) is 0.684. The van der Waals surface area contributed by atoms with E-state index < -0.39 is 0 Å². The topological polar surface area (TPSA) is 84.2 Å². The second-order valence-electron chi connectivity index (χ2n) is 6.95. The fourth-order valence-corrected chi connectivity index (χ4v) is 3.96. The van der Waals surface area contributed by atoms with Crippen molar-refractivity contribution in [2.75, 3.05) is 18.4 Å². The lowest BCUT2D eigenvalue weighted by Crippen LogP contribution is -2.37. The van der Waals surface area contributed by atoms with E-state index in [1.54, 1.807) is 11.3 Å². The third-order valence-corrected chi connectivity index (χ3v) is 5.59. The lowest BCUT2D eigenvalue weighted by molar-refractivity contribution is -0.121. The Bertz CT molecular complexity index is 916. The molecule has 1 aliphatic heterocycles. The number of hydrogen-bond donors (Lipinski definition) is 1. The van der Waals surface area contributed by atoms with Crippen molar-refractivity contribution in [3.63, 3.8) is 0 Å². The minimum atomic E-state index is 0.0214. The number of carbonyl (C=O) groups excluding carboxylic acids is 1. The molecule has 28 heavy (non-hydrogen) atoms. The zero-order valence-corrected chi connectivity index (χ0v) is 16.6. The average molecular weight is 398 g/mol. The molecule has 0 unspecified atom stereocenters. The van der Waals surface area contributed by atoms with Crippen molar-refractivity contribution in [3.8, 4) is 11.3 Å². The minimum absolute atomic E-state index is 0.0214. The predicted octanol–water partition coefficient (Wildman–Crippen LogP) is 3.61. The van der Waals surface area contributed by atoms with Crippen LogP contribution < -0.4 is 5.32 Å². The molecule has 1 saturated heterocycles. The minimum Gasteiger partial charge on any atom is -0.338 e. The second-order valence-corrected chi connectivity index (χ2v) is 7.67. The van der Waals surface area contributed by atoms with Gasteiger partial charge in [-0.15, -0.1) is 11.3 Å². The summed E-state index contributed by atoms with van der Waals surface area (Å²) >= 11 is 1.56. The number of thiazole rings is 1. The highest BCUT2D eigenvalue weighted by Gasteiger charge is 2.26. The molecular weight excluding hydrogens is 374 g/mol. The third-order valence-electron chi connectivity index (χ3n) is 5.00. The summed E-state index contributed by atoms with van der Waals surface area (Å²) in [5.41, 5.74) is 4.57. The SMILES string of the molecule is CCc1noc(CN2CCC(C(=O)Nc3cccc(-c4cscn4)c3)CC2)n1. The first-order chi connectivity index (χ1) is 13.7. The van der Waals surface area contributed by atoms with Gasteiger partial charge in [0.15, 0.2) is 5.82 Å². The average Bonchev–Trinajstić information content (AvgIpc) is 3.41. The molecule has 0 aliphatic carbocycles. The van der Waals surface area contributed by atoms with Gasteiger partial charge >= 0.3 is 0 Å². The fraction of sp³-hybridized carbons (Fsp3) is 0.400. The number of likely N-dealkylation sites (tertiary alicyclic amines) is 1. The molecule has 0 atom stereocenters. The van der Waals surface area contributed by atoms with Crippen LogP contribution in [0.3, 0.4) is 0 Å². The van der Waals surface area contributed by atoms with Crippen LogP contribution in [0.1, 0.15) is 31.5 Å². The molecular formula is C20H23N5O2S. The van der Waals surface area contributed by atoms with Crippen LogP contribution in [0.4, 0.5) is 5.69 Å². The number of aryl methyl sites for hydroxylation is 1. The number of rotatable bonds is 6. The van der Waals surface area contributed by atoms with E-state index in [2.05, 4.69) is 25.3 Å². The van der Waals surface area contributed by atoms with Gasteiger partial charge in [0.25, 0.3) is 0 Å². The molecule has 1 amide bonds. The fourth-order valence-electron chi connectivity index (χ4n) is 3.40. The van der Waals surface area contributed by atoms with Crippen molar-refractivity contribution in [1.29, 1.82) is 0 Å². The zero-order chi connectivity index (χ0) is 19.3. The molecule has 8 heteroatoms. The maximum atomic E-state index is 12.7. The summed E-state index contributed by atoms with van der Waals surface area (Å²) in [6.07, 6.45) is 2.42. The largest absolute Gasteiger partial charge is 0.338 e. The highest BCUT2D eigenvalue weighted by Crippen LogP contribution is 2.24. The first-order valence-corrected chi connectivity index (χ1v) is 10.5. The monoisotopic (exact) mass is 397 g/mol. The van der Waals surface area contributed by atoms with Crippen molar-refractivity contribution < 1.29 is 9.32 Å². The van der Waals surface area contributed by atoms with E-state index in [0.29, 0.717) is 12.4 Å². The molecule has 0 saturated carbocycles. The van der Waals surface area contributed by atoms with Crippen LogP contribution in [0.2, 0.25) is 0 Å². The van der Waals surface area contributed by atoms with E-state index in [9.17, 15) is 4.79 Å². The molecule has 7 nitrogen and oxygen atoms in total. The smallest absolute Gasteiger partial charge is 0.240 e. The van der Waals surface area contributed by atoms with E-state index >= 15 is 0 Å². The summed E-state index contributed by atoms with van der Waals surface area (Å²) in [6, 6.07) is 7.85. The third kappa shape index (κ3) is 4.45. The van der Waals surface area contributed by atoms with Gasteiger partial charge in [0.2, 0.25) is 11.8 Å².